The molecule has 2 nitrogen and oxygen atoms in total. The number of nitrogens with one attached hydrogen (secondary N) is 1. The van der Waals surface area contributed by atoms with Crippen molar-refractivity contribution in [1.82, 2.24) is 10.2 Å². The van der Waals surface area contributed by atoms with Crippen LogP contribution < -0.4 is 5.32 Å². The second-order valence-electron chi connectivity index (χ2n) is 6.53. The number of piperidine rings is 1. The molecule has 2 aliphatic heterocycles. The normalized spacial score (nSPS) is 41.1. The molecule has 2 saturated heterocycles. The van der Waals surface area contributed by atoms with Crippen molar-refractivity contribution in [3.8, 4) is 0 Å². The average molecular weight is 236 g/mol. The number of rotatable bonds is 2. The molecule has 0 spiro atoms. The van der Waals surface area contributed by atoms with E-state index in [-0.39, 0.29) is 0 Å². The summed E-state index contributed by atoms with van der Waals surface area (Å²) in [6.07, 6.45) is 10.3. The van der Waals surface area contributed by atoms with Gasteiger partial charge in [0.05, 0.1) is 0 Å². The number of nitrogens with zero attached hydrogens (tertiary/aromatic N) is 1. The fraction of sp³-hybridized carbons (Fsp3) is 1.00. The standard InChI is InChI=1S/C15H28N2/c1-12-11-16-9-8-14(12)17-10-4-7-15(17)13-5-2-3-6-13/h12-16H,2-11H2,1H3. The van der Waals surface area contributed by atoms with Crippen molar-refractivity contribution in [2.45, 2.75) is 64.0 Å². The topological polar surface area (TPSA) is 15.3 Å². The highest BCUT2D eigenvalue weighted by Crippen LogP contribution is 2.38. The summed E-state index contributed by atoms with van der Waals surface area (Å²) in [6, 6.07) is 1.83. The Kier molecular flexibility index (Phi) is 3.72. The van der Waals surface area contributed by atoms with E-state index in [9.17, 15) is 0 Å². The maximum Gasteiger partial charge on any atom is 0.0148 e. The van der Waals surface area contributed by atoms with E-state index in [4.69, 9.17) is 0 Å². The molecular weight excluding hydrogens is 208 g/mol. The summed E-state index contributed by atoms with van der Waals surface area (Å²) >= 11 is 0. The molecule has 3 fully saturated rings. The van der Waals surface area contributed by atoms with Gasteiger partial charge in [0.1, 0.15) is 0 Å². The van der Waals surface area contributed by atoms with Crippen molar-refractivity contribution in [2.75, 3.05) is 19.6 Å². The molecule has 0 amide bonds. The molecule has 0 aromatic rings. The molecular formula is C15H28N2. The minimum Gasteiger partial charge on any atom is -0.316 e. The van der Waals surface area contributed by atoms with Crippen molar-refractivity contribution in [1.29, 1.82) is 0 Å². The van der Waals surface area contributed by atoms with E-state index >= 15 is 0 Å². The fourth-order valence-electron chi connectivity index (χ4n) is 4.57. The summed E-state index contributed by atoms with van der Waals surface area (Å²) in [7, 11) is 0. The van der Waals surface area contributed by atoms with Crippen molar-refractivity contribution in [3.05, 3.63) is 0 Å². The van der Waals surface area contributed by atoms with Crippen LogP contribution in [0.15, 0.2) is 0 Å². The molecule has 17 heavy (non-hydrogen) atoms. The third-order valence-corrected chi connectivity index (χ3v) is 5.45. The second-order valence-corrected chi connectivity index (χ2v) is 6.53. The van der Waals surface area contributed by atoms with Gasteiger partial charge in [-0.05, 0) is 63.6 Å². The lowest BCUT2D eigenvalue weighted by molar-refractivity contribution is 0.0804. The second kappa shape index (κ2) is 5.27. The molecule has 1 saturated carbocycles. The van der Waals surface area contributed by atoms with E-state index in [0.717, 1.165) is 23.9 Å². The lowest BCUT2D eigenvalue weighted by Gasteiger charge is -2.41. The maximum atomic E-state index is 3.55. The van der Waals surface area contributed by atoms with Gasteiger partial charge in [-0.25, -0.2) is 0 Å². The van der Waals surface area contributed by atoms with Gasteiger partial charge in [-0.2, -0.15) is 0 Å². The number of hydrogen-bond acceptors (Lipinski definition) is 2. The monoisotopic (exact) mass is 236 g/mol. The Morgan fingerprint density at radius 3 is 2.53 bits per heavy atom. The minimum atomic E-state index is 0.853. The zero-order valence-corrected chi connectivity index (χ0v) is 11.3. The summed E-state index contributed by atoms with van der Waals surface area (Å²) < 4.78 is 0. The van der Waals surface area contributed by atoms with Crippen LogP contribution >= 0.6 is 0 Å². The van der Waals surface area contributed by atoms with Crippen LogP contribution in [-0.4, -0.2) is 36.6 Å². The van der Waals surface area contributed by atoms with Crippen molar-refractivity contribution in [2.24, 2.45) is 11.8 Å². The van der Waals surface area contributed by atoms with Crippen molar-refractivity contribution < 1.29 is 0 Å². The Balaban J connectivity index is 1.67. The van der Waals surface area contributed by atoms with Gasteiger partial charge in [-0.3, -0.25) is 4.90 Å². The maximum absolute atomic E-state index is 3.55. The molecule has 0 aromatic carbocycles. The van der Waals surface area contributed by atoms with Crippen LogP contribution in [-0.2, 0) is 0 Å². The molecule has 1 N–H and O–H groups in total. The van der Waals surface area contributed by atoms with Crippen LogP contribution in [0.3, 0.4) is 0 Å². The van der Waals surface area contributed by atoms with Gasteiger partial charge in [-0.15, -0.1) is 0 Å². The van der Waals surface area contributed by atoms with E-state index in [1.165, 1.54) is 64.6 Å². The molecule has 3 aliphatic rings. The lowest BCUT2D eigenvalue weighted by Crippen LogP contribution is -2.51. The molecule has 2 heterocycles. The van der Waals surface area contributed by atoms with Crippen LogP contribution in [0.4, 0.5) is 0 Å². The Hall–Kier alpha value is -0.0800. The van der Waals surface area contributed by atoms with E-state index < -0.39 is 0 Å². The van der Waals surface area contributed by atoms with Crippen molar-refractivity contribution >= 4 is 0 Å². The smallest absolute Gasteiger partial charge is 0.0148 e. The summed E-state index contributed by atoms with van der Waals surface area (Å²) in [5.74, 6) is 1.89. The first-order valence-corrected chi connectivity index (χ1v) is 7.82. The quantitative estimate of drug-likeness (QED) is 0.793. The van der Waals surface area contributed by atoms with Crippen LogP contribution in [0.5, 0.6) is 0 Å². The highest BCUT2D eigenvalue weighted by atomic mass is 15.2. The van der Waals surface area contributed by atoms with Gasteiger partial charge in [0.25, 0.3) is 0 Å². The van der Waals surface area contributed by atoms with Crippen LogP contribution in [0.1, 0.15) is 51.9 Å². The number of likely N-dealkylation sites (tertiary alicyclic amines) is 1. The molecule has 3 rings (SSSR count). The molecule has 0 radical (unpaired) electrons. The molecule has 0 aromatic heterocycles. The Morgan fingerprint density at radius 2 is 1.76 bits per heavy atom. The highest BCUT2D eigenvalue weighted by Gasteiger charge is 2.38. The van der Waals surface area contributed by atoms with Crippen LogP contribution in [0.25, 0.3) is 0 Å². The largest absolute Gasteiger partial charge is 0.316 e. The van der Waals surface area contributed by atoms with Gasteiger partial charge in [0, 0.05) is 12.1 Å². The highest BCUT2D eigenvalue weighted by molar-refractivity contribution is 4.94. The first-order chi connectivity index (χ1) is 8.36. The third-order valence-electron chi connectivity index (χ3n) is 5.45. The summed E-state index contributed by atoms with van der Waals surface area (Å²) in [6.45, 7) is 6.30. The summed E-state index contributed by atoms with van der Waals surface area (Å²) in [5, 5.41) is 3.55. The molecule has 1 aliphatic carbocycles. The summed E-state index contributed by atoms with van der Waals surface area (Å²) in [5.41, 5.74) is 0. The first kappa shape index (κ1) is 12.0. The third kappa shape index (κ3) is 2.39. The predicted octanol–water partition coefficient (Wildman–Crippen LogP) is 2.64. The van der Waals surface area contributed by atoms with Crippen LogP contribution in [0.2, 0.25) is 0 Å². The Labute approximate surface area is 106 Å². The zero-order chi connectivity index (χ0) is 11.7. The van der Waals surface area contributed by atoms with Gasteiger partial charge < -0.3 is 5.32 Å². The summed E-state index contributed by atoms with van der Waals surface area (Å²) in [4.78, 5) is 2.92. The van der Waals surface area contributed by atoms with E-state index in [0.29, 0.717) is 0 Å². The Morgan fingerprint density at radius 1 is 0.941 bits per heavy atom. The lowest BCUT2D eigenvalue weighted by atomic mass is 9.89. The number of hydrogen-bond donors (Lipinski definition) is 1. The average Bonchev–Trinajstić information content (AvgIpc) is 3.00. The SMILES string of the molecule is CC1CNCCC1N1CCCC1C1CCCC1. The van der Waals surface area contributed by atoms with Gasteiger partial charge >= 0.3 is 0 Å². The molecule has 98 valence electrons. The Bertz CT molecular complexity index is 247. The fourth-order valence-corrected chi connectivity index (χ4v) is 4.57. The molecule has 0 bridgehead atoms. The van der Waals surface area contributed by atoms with E-state index in [2.05, 4.69) is 17.1 Å². The van der Waals surface area contributed by atoms with Crippen molar-refractivity contribution in [3.63, 3.8) is 0 Å². The molecule has 3 atom stereocenters. The first-order valence-electron chi connectivity index (χ1n) is 7.82. The minimum absolute atomic E-state index is 0.853. The van der Waals surface area contributed by atoms with Gasteiger partial charge in [0.2, 0.25) is 0 Å². The van der Waals surface area contributed by atoms with Crippen LogP contribution in [0, 0.1) is 11.8 Å². The van der Waals surface area contributed by atoms with Gasteiger partial charge in [0.15, 0.2) is 0 Å². The predicted molar refractivity (Wildman–Crippen MR) is 72.1 cm³/mol. The van der Waals surface area contributed by atoms with E-state index in [1.807, 2.05) is 0 Å². The molecule has 2 heteroatoms. The molecule has 3 unspecified atom stereocenters. The van der Waals surface area contributed by atoms with Gasteiger partial charge in [-0.1, -0.05) is 19.8 Å². The zero-order valence-electron chi connectivity index (χ0n) is 11.3. The van der Waals surface area contributed by atoms with E-state index in [1.54, 1.807) is 0 Å².